The van der Waals surface area contributed by atoms with E-state index in [0.29, 0.717) is 38.9 Å². The summed E-state index contributed by atoms with van der Waals surface area (Å²) in [5, 5.41) is 23.8. The summed E-state index contributed by atoms with van der Waals surface area (Å²) in [5.74, 6) is 1.85. The van der Waals surface area contributed by atoms with Crippen LogP contribution in [0.1, 0.15) is 28.0 Å². The molecule has 0 saturated carbocycles. The van der Waals surface area contributed by atoms with E-state index in [1.54, 1.807) is 13.0 Å². The van der Waals surface area contributed by atoms with Crippen LogP contribution in [0.2, 0.25) is 5.02 Å². The first kappa shape index (κ1) is 27.8. The van der Waals surface area contributed by atoms with Gasteiger partial charge in [-0.05, 0) is 32.4 Å². The molecule has 2 aromatic heterocycles. The number of rotatable bonds is 7. The molecule has 12 heteroatoms. The first-order valence-corrected chi connectivity index (χ1v) is 12.9. The summed E-state index contributed by atoms with van der Waals surface area (Å²) in [6.45, 7) is 9.96. The number of hydrogen-bond donors (Lipinski definition) is 4. The molecule has 0 radical (unpaired) electrons. The number of para-hydroxylation sites is 1. The second-order valence-corrected chi connectivity index (χ2v) is 9.51. The highest BCUT2D eigenvalue weighted by atomic mass is 35.5. The van der Waals surface area contributed by atoms with E-state index in [-0.39, 0.29) is 19.1 Å². The second-order valence-electron chi connectivity index (χ2n) is 8.07. The van der Waals surface area contributed by atoms with Crippen molar-refractivity contribution < 1.29 is 15.0 Å². The molecule has 3 heterocycles. The van der Waals surface area contributed by atoms with Crippen LogP contribution in [0.25, 0.3) is 0 Å². The van der Waals surface area contributed by atoms with Gasteiger partial charge in [0, 0.05) is 45.4 Å². The lowest BCUT2D eigenvalue weighted by Crippen LogP contribution is -2.47. The molecule has 0 atom stereocenters. The fraction of sp³-hybridized carbons (Fsp3) is 0.417. The van der Waals surface area contributed by atoms with Crippen molar-refractivity contribution >= 4 is 51.3 Å². The van der Waals surface area contributed by atoms with Gasteiger partial charge in [0.25, 0.3) is 5.91 Å². The summed E-state index contributed by atoms with van der Waals surface area (Å²) in [6.07, 6.45) is 1.53. The first-order valence-electron chi connectivity index (χ1n) is 11.7. The Morgan fingerprint density at radius 2 is 1.89 bits per heavy atom. The number of hydrogen-bond acceptors (Lipinski definition) is 10. The number of benzene rings is 1. The number of nitrogens with zero attached hydrogens (tertiary/aromatic N) is 5. The molecular formula is C24H32ClN7O3S. The van der Waals surface area contributed by atoms with Crippen LogP contribution in [0.3, 0.4) is 0 Å². The second kappa shape index (κ2) is 13.5. The number of aromatic nitrogens is 3. The molecule has 4 rings (SSSR count). The molecule has 0 spiro atoms. The number of amides is 1. The van der Waals surface area contributed by atoms with Crippen molar-refractivity contribution in [1.29, 1.82) is 0 Å². The molecule has 36 heavy (non-hydrogen) atoms. The molecule has 0 aliphatic carbocycles. The molecule has 0 bridgehead atoms. The molecule has 1 aromatic carbocycles. The number of nitrogens with one attached hydrogen (secondary N) is 2. The van der Waals surface area contributed by atoms with E-state index in [9.17, 15) is 4.79 Å². The van der Waals surface area contributed by atoms with E-state index in [0.717, 1.165) is 37.6 Å². The zero-order chi connectivity index (χ0) is 26.1. The predicted octanol–water partition coefficient (Wildman–Crippen LogP) is 3.31. The molecule has 194 valence electrons. The number of aryl methyl sites for hydroxylation is 2. The predicted molar refractivity (Wildman–Crippen MR) is 145 cm³/mol. The maximum absolute atomic E-state index is 12.7. The zero-order valence-electron chi connectivity index (χ0n) is 20.7. The molecule has 1 aliphatic heterocycles. The zero-order valence-corrected chi connectivity index (χ0v) is 22.2. The number of aliphatic hydroxyl groups excluding tert-OH is 2. The smallest absolute Gasteiger partial charge is 0.267 e. The van der Waals surface area contributed by atoms with Crippen LogP contribution in [-0.4, -0.2) is 81.9 Å². The third-order valence-electron chi connectivity index (χ3n) is 5.36. The Balaban J connectivity index is 0.00000115. The number of aliphatic hydroxyl groups is 2. The standard InChI is InChI=1S/C22H26ClN7O2S.C2H6O/c1-14-4-3-5-16(23)20(14)28-21(32)17-13-24-22(33-17)27-18-12-19(26-15(2)25-18)30-8-6-29(7-9-30)10-11-31;1-2-3/h3-5,12-13,31H,6-11H2,1-2H3,(H,28,32)(H,24,25,26,27);3H,2H2,1H3. The Hall–Kier alpha value is -2.83. The van der Waals surface area contributed by atoms with Gasteiger partial charge in [-0.3, -0.25) is 9.69 Å². The van der Waals surface area contributed by atoms with Gasteiger partial charge in [-0.1, -0.05) is 35.1 Å². The normalized spacial score (nSPS) is 13.7. The van der Waals surface area contributed by atoms with Gasteiger partial charge in [0.15, 0.2) is 5.13 Å². The molecule has 4 N–H and O–H groups in total. The fourth-order valence-electron chi connectivity index (χ4n) is 3.63. The van der Waals surface area contributed by atoms with Crippen molar-refractivity contribution in [2.24, 2.45) is 0 Å². The van der Waals surface area contributed by atoms with Gasteiger partial charge >= 0.3 is 0 Å². The molecule has 1 amide bonds. The number of anilines is 4. The van der Waals surface area contributed by atoms with Gasteiger partial charge in [-0.2, -0.15) is 0 Å². The van der Waals surface area contributed by atoms with E-state index in [2.05, 4.69) is 35.4 Å². The Morgan fingerprint density at radius 3 is 2.56 bits per heavy atom. The van der Waals surface area contributed by atoms with Crippen molar-refractivity contribution in [3.63, 3.8) is 0 Å². The highest BCUT2D eigenvalue weighted by Gasteiger charge is 2.19. The maximum atomic E-state index is 12.7. The van der Waals surface area contributed by atoms with E-state index < -0.39 is 0 Å². The van der Waals surface area contributed by atoms with Crippen LogP contribution in [0, 0.1) is 13.8 Å². The van der Waals surface area contributed by atoms with Crippen LogP contribution in [-0.2, 0) is 0 Å². The molecule has 3 aromatic rings. The number of β-amino-alcohol motifs (C(OH)–C–C–N with tert-alkyl or cyclic N) is 1. The van der Waals surface area contributed by atoms with Gasteiger partial charge in [-0.25, -0.2) is 15.0 Å². The first-order chi connectivity index (χ1) is 17.3. The lowest BCUT2D eigenvalue weighted by molar-refractivity contribution is 0.103. The van der Waals surface area contributed by atoms with Gasteiger partial charge in [0.2, 0.25) is 0 Å². The van der Waals surface area contributed by atoms with Crippen molar-refractivity contribution in [2.45, 2.75) is 20.8 Å². The molecule has 10 nitrogen and oxygen atoms in total. The molecule has 1 saturated heterocycles. The summed E-state index contributed by atoms with van der Waals surface area (Å²) in [6, 6.07) is 7.37. The summed E-state index contributed by atoms with van der Waals surface area (Å²) in [5.41, 5.74) is 1.49. The molecular weight excluding hydrogens is 502 g/mol. The van der Waals surface area contributed by atoms with E-state index >= 15 is 0 Å². The van der Waals surface area contributed by atoms with E-state index in [1.165, 1.54) is 17.5 Å². The fourth-order valence-corrected chi connectivity index (χ4v) is 4.62. The lowest BCUT2D eigenvalue weighted by atomic mass is 10.2. The summed E-state index contributed by atoms with van der Waals surface area (Å²) >= 11 is 7.46. The minimum Gasteiger partial charge on any atom is -0.397 e. The summed E-state index contributed by atoms with van der Waals surface area (Å²) in [4.78, 5) is 31.0. The Labute approximate surface area is 220 Å². The minimum absolute atomic E-state index is 0.173. The Bertz CT molecular complexity index is 1130. The molecule has 0 unspecified atom stereocenters. The highest BCUT2D eigenvalue weighted by Crippen LogP contribution is 2.28. The van der Waals surface area contributed by atoms with E-state index in [1.807, 2.05) is 32.0 Å². The average Bonchev–Trinajstić information content (AvgIpc) is 3.31. The summed E-state index contributed by atoms with van der Waals surface area (Å²) in [7, 11) is 0. The number of carbonyl (C=O) groups is 1. The van der Waals surface area contributed by atoms with Crippen LogP contribution < -0.4 is 15.5 Å². The number of thiazole rings is 1. The largest absolute Gasteiger partial charge is 0.397 e. The van der Waals surface area contributed by atoms with Crippen molar-refractivity contribution in [1.82, 2.24) is 19.9 Å². The van der Waals surface area contributed by atoms with Crippen LogP contribution in [0.15, 0.2) is 30.5 Å². The average molecular weight is 534 g/mol. The molecule has 1 aliphatic rings. The van der Waals surface area contributed by atoms with Crippen molar-refractivity contribution in [3.05, 3.63) is 51.7 Å². The molecule has 1 fully saturated rings. The van der Waals surface area contributed by atoms with Crippen LogP contribution in [0.4, 0.5) is 22.5 Å². The number of carbonyl (C=O) groups excluding carboxylic acids is 1. The van der Waals surface area contributed by atoms with Crippen molar-refractivity contribution in [3.8, 4) is 0 Å². The number of halogens is 1. The lowest BCUT2D eigenvalue weighted by Gasteiger charge is -2.35. The quantitative estimate of drug-likeness (QED) is 0.361. The van der Waals surface area contributed by atoms with Crippen LogP contribution >= 0.6 is 22.9 Å². The highest BCUT2D eigenvalue weighted by molar-refractivity contribution is 7.17. The van der Waals surface area contributed by atoms with Gasteiger partial charge in [0.1, 0.15) is 22.3 Å². The third-order valence-corrected chi connectivity index (χ3v) is 6.59. The van der Waals surface area contributed by atoms with E-state index in [4.69, 9.17) is 21.8 Å². The third kappa shape index (κ3) is 7.58. The number of piperazine rings is 1. The van der Waals surface area contributed by atoms with Gasteiger partial charge < -0.3 is 25.7 Å². The Kier molecular flexibility index (Phi) is 10.4. The van der Waals surface area contributed by atoms with Gasteiger partial charge in [-0.15, -0.1) is 0 Å². The topological polar surface area (TPSA) is 127 Å². The SMILES string of the molecule is CCO.Cc1nc(Nc2ncc(C(=O)Nc3c(C)cccc3Cl)s2)cc(N2CCN(CCO)CC2)n1. The minimum atomic E-state index is -0.267. The monoisotopic (exact) mass is 533 g/mol. The maximum Gasteiger partial charge on any atom is 0.267 e. The van der Waals surface area contributed by atoms with Crippen molar-refractivity contribution in [2.75, 3.05) is 61.5 Å². The van der Waals surface area contributed by atoms with Gasteiger partial charge in [0.05, 0.1) is 23.5 Å². The Morgan fingerprint density at radius 1 is 1.17 bits per heavy atom. The summed E-state index contributed by atoms with van der Waals surface area (Å²) < 4.78 is 0. The van der Waals surface area contributed by atoms with Crippen LogP contribution in [0.5, 0.6) is 0 Å².